The van der Waals surface area contributed by atoms with Gasteiger partial charge in [-0.3, -0.25) is 14.5 Å². The molecule has 1 aliphatic rings. The highest BCUT2D eigenvalue weighted by molar-refractivity contribution is 9.10. The summed E-state index contributed by atoms with van der Waals surface area (Å²) in [6.45, 7) is 2.35. The Morgan fingerprint density at radius 3 is 2.58 bits per heavy atom. The van der Waals surface area contributed by atoms with Crippen molar-refractivity contribution in [3.63, 3.8) is 0 Å². The second kappa shape index (κ2) is 10.1. The number of phenols is 1. The smallest absolute Gasteiger partial charge is 0.301 e. The predicted octanol–water partition coefficient (Wildman–Crippen LogP) is 5.94. The third kappa shape index (κ3) is 4.37. The largest absolute Gasteiger partial charge is 0.507 e. The Hall–Kier alpha value is -3.96. The summed E-state index contributed by atoms with van der Waals surface area (Å²) in [5, 5.41) is 21.8. The van der Waals surface area contributed by atoms with Gasteiger partial charge < -0.3 is 19.7 Å². The quantitative estimate of drug-likeness (QED) is 0.161. The lowest BCUT2D eigenvalue weighted by molar-refractivity contribution is -0.132. The number of hydrogen-bond donors (Lipinski definition) is 2. The molecule has 0 bridgehead atoms. The molecule has 2 heterocycles. The van der Waals surface area contributed by atoms with Crippen LogP contribution in [0.4, 0.5) is 9.52 Å². The number of benzene rings is 3. The second-order valence-electron chi connectivity index (χ2n) is 8.29. The van der Waals surface area contributed by atoms with E-state index in [1.165, 1.54) is 47.6 Å². The van der Waals surface area contributed by atoms with Gasteiger partial charge in [0.2, 0.25) is 0 Å². The number of aliphatic hydroxyl groups is 1. The molecular formula is C27H20BrFN2O6S. The Morgan fingerprint density at radius 2 is 1.89 bits per heavy atom. The van der Waals surface area contributed by atoms with Crippen LogP contribution in [0, 0.1) is 5.82 Å². The summed E-state index contributed by atoms with van der Waals surface area (Å²) in [5.41, 5.74) is 0.904. The molecule has 1 fully saturated rings. The van der Waals surface area contributed by atoms with Crippen molar-refractivity contribution in [3.05, 3.63) is 81.6 Å². The summed E-state index contributed by atoms with van der Waals surface area (Å²) in [6, 6.07) is 12.1. The van der Waals surface area contributed by atoms with E-state index in [2.05, 4.69) is 20.9 Å². The monoisotopic (exact) mass is 598 g/mol. The first-order valence-electron chi connectivity index (χ1n) is 11.4. The molecule has 1 aromatic heterocycles. The predicted molar refractivity (Wildman–Crippen MR) is 144 cm³/mol. The zero-order valence-corrected chi connectivity index (χ0v) is 22.5. The highest BCUT2D eigenvalue weighted by Gasteiger charge is 2.48. The second-order valence-corrected chi connectivity index (χ2v) is 10.2. The normalized spacial score (nSPS) is 16.8. The average molecular weight is 599 g/mol. The van der Waals surface area contributed by atoms with Gasteiger partial charge in [-0.05, 0) is 83.0 Å². The van der Waals surface area contributed by atoms with Crippen LogP contribution in [0.2, 0.25) is 0 Å². The molecule has 2 N–H and O–H groups in total. The molecule has 1 amide bonds. The van der Waals surface area contributed by atoms with Crippen LogP contribution in [-0.4, -0.2) is 40.6 Å². The minimum absolute atomic E-state index is 0.0902. The van der Waals surface area contributed by atoms with Crippen LogP contribution in [0.15, 0.2) is 64.6 Å². The molecule has 0 aliphatic carbocycles. The number of hydrogen-bond acceptors (Lipinski definition) is 8. The lowest BCUT2D eigenvalue weighted by Crippen LogP contribution is -2.29. The van der Waals surface area contributed by atoms with E-state index in [0.717, 1.165) is 16.8 Å². The number of Topliss-reactive ketones (excluding diaryl/α,β-unsaturated/α-hetero) is 1. The average Bonchev–Trinajstić information content (AvgIpc) is 3.43. The van der Waals surface area contributed by atoms with Crippen LogP contribution in [0.5, 0.6) is 17.2 Å². The third-order valence-electron chi connectivity index (χ3n) is 6.01. The molecule has 1 unspecified atom stereocenters. The number of ketones is 1. The summed E-state index contributed by atoms with van der Waals surface area (Å²) in [7, 11) is 1.37. The Kier molecular flexibility index (Phi) is 6.80. The summed E-state index contributed by atoms with van der Waals surface area (Å²) in [5.74, 6) is -2.27. The zero-order valence-electron chi connectivity index (χ0n) is 20.1. The van der Waals surface area contributed by atoms with Crippen molar-refractivity contribution in [2.45, 2.75) is 13.0 Å². The van der Waals surface area contributed by atoms with Crippen molar-refractivity contribution >= 4 is 60.1 Å². The third-order valence-corrected chi connectivity index (χ3v) is 7.64. The van der Waals surface area contributed by atoms with Crippen LogP contribution in [0.25, 0.3) is 16.0 Å². The number of amides is 1. The number of carbonyl (C=O) groups is 2. The molecule has 0 radical (unpaired) electrons. The number of ether oxygens (including phenoxy) is 2. The van der Waals surface area contributed by atoms with E-state index >= 15 is 0 Å². The molecule has 38 heavy (non-hydrogen) atoms. The molecule has 0 spiro atoms. The molecular weight excluding hydrogens is 579 g/mol. The van der Waals surface area contributed by atoms with Crippen molar-refractivity contribution in [2.75, 3.05) is 18.6 Å². The number of thiazole rings is 1. The van der Waals surface area contributed by atoms with Crippen molar-refractivity contribution in [3.8, 4) is 17.2 Å². The molecule has 1 atom stereocenters. The van der Waals surface area contributed by atoms with Crippen LogP contribution < -0.4 is 14.4 Å². The van der Waals surface area contributed by atoms with Gasteiger partial charge in [-0.1, -0.05) is 11.3 Å². The van der Waals surface area contributed by atoms with Crippen LogP contribution in [0.1, 0.15) is 24.1 Å². The van der Waals surface area contributed by atoms with Crippen molar-refractivity contribution in [1.29, 1.82) is 0 Å². The standard InChI is InChI=1S/C27H20BrFN2O6S/c1-3-37-16-8-9-18-20(12-16)38-27(30-18)31-22(14-10-17(28)24(33)19(11-14)36-2)21(25(34)26(31)35)23(32)13-4-6-15(29)7-5-13/h4-12,22,32-33H,3H2,1-2H3/b23-21+. The number of fused-ring (bicyclic) bond motifs is 1. The summed E-state index contributed by atoms with van der Waals surface area (Å²) in [4.78, 5) is 32.7. The Morgan fingerprint density at radius 1 is 1.16 bits per heavy atom. The number of halogens is 2. The summed E-state index contributed by atoms with van der Waals surface area (Å²) in [6.07, 6.45) is 0. The Balaban J connectivity index is 1.74. The maximum absolute atomic E-state index is 13.5. The number of aromatic hydroxyl groups is 1. The van der Waals surface area contributed by atoms with Crippen LogP contribution >= 0.6 is 27.3 Å². The number of anilines is 1. The van der Waals surface area contributed by atoms with E-state index in [4.69, 9.17) is 9.47 Å². The highest BCUT2D eigenvalue weighted by Crippen LogP contribution is 2.47. The Labute approximate surface area is 228 Å². The number of phenolic OH excluding ortho intramolecular Hbond substituents is 1. The molecule has 4 aromatic rings. The fraction of sp³-hybridized carbons (Fsp3) is 0.148. The molecule has 194 valence electrons. The van der Waals surface area contributed by atoms with E-state index in [1.807, 2.05) is 6.92 Å². The molecule has 1 saturated heterocycles. The van der Waals surface area contributed by atoms with E-state index in [-0.39, 0.29) is 32.2 Å². The number of rotatable bonds is 6. The highest BCUT2D eigenvalue weighted by atomic mass is 79.9. The maximum Gasteiger partial charge on any atom is 0.301 e. The molecule has 3 aromatic carbocycles. The maximum atomic E-state index is 13.5. The van der Waals surface area contributed by atoms with E-state index < -0.39 is 29.3 Å². The van der Waals surface area contributed by atoms with Crippen LogP contribution in [0.3, 0.4) is 0 Å². The van der Waals surface area contributed by atoms with Gasteiger partial charge in [-0.2, -0.15) is 0 Å². The summed E-state index contributed by atoms with van der Waals surface area (Å²) < 4.78 is 25.4. The zero-order chi connectivity index (χ0) is 27.1. The number of carbonyl (C=O) groups excluding carboxylic acids is 2. The summed E-state index contributed by atoms with van der Waals surface area (Å²) >= 11 is 4.47. The van der Waals surface area contributed by atoms with E-state index in [1.54, 1.807) is 18.2 Å². The first-order chi connectivity index (χ1) is 18.2. The minimum atomic E-state index is -1.13. The van der Waals surface area contributed by atoms with Gasteiger partial charge in [0.05, 0.1) is 40.0 Å². The first kappa shape index (κ1) is 25.7. The fourth-order valence-electron chi connectivity index (χ4n) is 4.27. The molecule has 1 aliphatic heterocycles. The number of nitrogens with zero attached hydrogens (tertiary/aromatic N) is 2. The lowest BCUT2D eigenvalue weighted by Gasteiger charge is -2.24. The SMILES string of the molecule is CCOc1ccc2nc(N3C(=O)C(=O)/C(=C(/O)c4ccc(F)cc4)C3c3cc(Br)c(O)c(OC)c3)sc2c1. The van der Waals surface area contributed by atoms with Crippen LogP contribution in [-0.2, 0) is 9.59 Å². The van der Waals surface area contributed by atoms with Crippen molar-refractivity contribution in [1.82, 2.24) is 4.98 Å². The fourth-order valence-corrected chi connectivity index (χ4v) is 5.75. The van der Waals surface area contributed by atoms with Gasteiger partial charge in [0.25, 0.3) is 5.78 Å². The number of methoxy groups -OCH3 is 1. The van der Waals surface area contributed by atoms with Gasteiger partial charge >= 0.3 is 5.91 Å². The van der Waals surface area contributed by atoms with Crippen molar-refractivity contribution < 1.29 is 33.7 Å². The van der Waals surface area contributed by atoms with Gasteiger partial charge in [0.15, 0.2) is 16.6 Å². The molecule has 8 nitrogen and oxygen atoms in total. The molecule has 11 heteroatoms. The molecule has 5 rings (SSSR count). The lowest BCUT2D eigenvalue weighted by atomic mass is 9.95. The number of aromatic nitrogens is 1. The van der Waals surface area contributed by atoms with E-state index in [9.17, 15) is 24.2 Å². The Bertz CT molecular complexity index is 1620. The molecule has 0 saturated carbocycles. The first-order valence-corrected chi connectivity index (χ1v) is 13.0. The number of aliphatic hydroxyl groups excluding tert-OH is 1. The van der Waals surface area contributed by atoms with Gasteiger partial charge in [-0.15, -0.1) is 0 Å². The topological polar surface area (TPSA) is 109 Å². The van der Waals surface area contributed by atoms with Gasteiger partial charge in [-0.25, -0.2) is 9.37 Å². The van der Waals surface area contributed by atoms with Crippen molar-refractivity contribution in [2.24, 2.45) is 0 Å². The van der Waals surface area contributed by atoms with Gasteiger partial charge in [0, 0.05) is 5.56 Å². The minimum Gasteiger partial charge on any atom is -0.507 e. The van der Waals surface area contributed by atoms with Gasteiger partial charge in [0.1, 0.15) is 17.3 Å². The van der Waals surface area contributed by atoms with E-state index in [0.29, 0.717) is 23.4 Å².